The van der Waals surface area contributed by atoms with E-state index < -0.39 is 0 Å². The predicted molar refractivity (Wildman–Crippen MR) is 304 cm³/mol. The topological polar surface area (TPSA) is 106 Å². The van der Waals surface area contributed by atoms with Crippen LogP contribution in [0.3, 0.4) is 0 Å². The molecule has 0 saturated heterocycles. The Hall–Kier alpha value is -5.27. The van der Waals surface area contributed by atoms with Crippen LogP contribution in [0.4, 0.5) is 0 Å². The Morgan fingerprint density at radius 1 is 0.274 bits per heavy atom. The van der Waals surface area contributed by atoms with Gasteiger partial charge in [-0.05, 0) is 134 Å². The summed E-state index contributed by atoms with van der Waals surface area (Å²) in [4.78, 5) is 44.7. The van der Waals surface area contributed by atoms with Gasteiger partial charge in [0.2, 0.25) is 0 Å². The summed E-state index contributed by atoms with van der Waals surface area (Å²) in [5.41, 5.74) is 13.9. The van der Waals surface area contributed by atoms with Gasteiger partial charge < -0.3 is 29.9 Å². The van der Waals surface area contributed by atoms with Crippen LogP contribution < -0.4 is 9.97 Å². The van der Waals surface area contributed by atoms with Crippen molar-refractivity contribution in [1.29, 1.82) is 0 Å². The molecule has 0 saturated carbocycles. The minimum Gasteiger partial charge on any atom is -0.357 e. The molecule has 0 aliphatic carbocycles. The summed E-state index contributed by atoms with van der Waals surface area (Å²) in [5, 5.41) is 3.83. The second-order valence-electron chi connectivity index (χ2n) is 29.3. The van der Waals surface area contributed by atoms with Crippen LogP contribution in [0.5, 0.6) is 0 Å². The van der Waals surface area contributed by atoms with Crippen molar-refractivity contribution in [2.75, 3.05) is 0 Å². The average molecular weight is 1020 g/mol. The number of nitrogens with zero attached hydrogens (tertiary/aromatic N) is 8. The predicted octanol–water partition coefficient (Wildman–Crippen LogP) is 16.5. The van der Waals surface area contributed by atoms with Crippen LogP contribution >= 0.6 is 0 Å². The molecule has 4 aromatic carbocycles. The summed E-state index contributed by atoms with van der Waals surface area (Å²) in [6.45, 7) is 54.6. The van der Waals surface area contributed by atoms with Crippen molar-refractivity contribution >= 4 is 44.1 Å². The maximum absolute atomic E-state index is 5.65. The summed E-state index contributed by atoms with van der Waals surface area (Å²) in [7, 11) is 0. The van der Waals surface area contributed by atoms with Crippen molar-refractivity contribution in [3.05, 3.63) is 93.0 Å². The smallest absolute Gasteiger partial charge is 0.357 e. The Labute approximate surface area is 446 Å². The molecule has 8 bridgehead atoms. The van der Waals surface area contributed by atoms with Crippen LogP contribution in [0.1, 0.15) is 211 Å². The van der Waals surface area contributed by atoms with Crippen molar-refractivity contribution in [2.24, 2.45) is 0 Å². The molecule has 386 valence electrons. The van der Waals surface area contributed by atoms with Crippen LogP contribution in [-0.2, 0) is 59.8 Å². The zero-order valence-corrected chi connectivity index (χ0v) is 49.5. The molecule has 9 heteroatoms. The van der Waals surface area contributed by atoms with Crippen molar-refractivity contribution in [1.82, 2.24) is 39.9 Å². The third-order valence-electron chi connectivity index (χ3n) is 14.8. The molecule has 0 fully saturated rings. The third-order valence-corrected chi connectivity index (χ3v) is 14.8. The van der Waals surface area contributed by atoms with Gasteiger partial charge in [0.1, 0.15) is 0 Å². The fourth-order valence-electron chi connectivity index (χ4n) is 10.3. The van der Waals surface area contributed by atoms with Crippen molar-refractivity contribution in [3.63, 3.8) is 0 Å². The Morgan fingerprint density at radius 3 is 0.808 bits per heavy atom. The zero-order valence-electron chi connectivity index (χ0n) is 48.5. The number of benzene rings is 4. The Kier molecular flexibility index (Phi) is 12.5. The standard InChI is InChI=1S/C64H80N8.Ni/c1-57(2,3)33-25-37-45(41(29-33)61(13,14)15)53-65-49(37)69-54-46-38(26-34(58(4,5)6)30-42(46)62(16,17)18)51(66-54)71-56-48-40(28-36(60(10,11)12)32-44(48)64(22,23)24)52(68-56)72-55-47-39(50(67-55)70-53)27-35(59(7,8)9)31-43(47)63(19,20)21;/h25-32H,1-24H3;/q-2;+2. The first kappa shape index (κ1) is 54.0. The van der Waals surface area contributed by atoms with E-state index in [9.17, 15) is 0 Å². The summed E-state index contributed by atoms with van der Waals surface area (Å²) < 4.78 is 0. The molecule has 8 nitrogen and oxygen atoms in total. The zero-order chi connectivity index (χ0) is 53.2. The third kappa shape index (κ3) is 9.59. The van der Waals surface area contributed by atoms with E-state index in [1.54, 1.807) is 0 Å². The summed E-state index contributed by atoms with van der Waals surface area (Å²) in [6, 6.07) is 18.6. The summed E-state index contributed by atoms with van der Waals surface area (Å²) >= 11 is 0. The SMILES string of the molecule is CC(C)(C)c1cc2c(c(C(C)(C)C)c1)-c1nc-2nc2[n-]c(nc3nc(nc4[n-]c(n1)c1cc(C(C)(C)C)cc(C(C)(C)C)c41)-c1cc(C(C)(C)C)cc(C(C)(C)C)c1-3)c1cc(C(C)(C)C)cc(C(C)(C)C)c21.[Ni+2]. The number of aromatic nitrogens is 8. The molecule has 0 N–H and O–H groups in total. The molecule has 7 aromatic rings. The largest absolute Gasteiger partial charge is 2.00 e. The van der Waals surface area contributed by atoms with E-state index in [0.29, 0.717) is 45.9 Å². The molecule has 0 radical (unpaired) electrons. The van der Waals surface area contributed by atoms with Gasteiger partial charge in [0.15, 0.2) is 0 Å². The van der Waals surface area contributed by atoms with E-state index in [1.165, 1.54) is 22.3 Å². The molecule has 2 aliphatic heterocycles. The van der Waals surface area contributed by atoms with Crippen LogP contribution in [0.2, 0.25) is 0 Å². The second-order valence-corrected chi connectivity index (χ2v) is 29.3. The molecule has 73 heavy (non-hydrogen) atoms. The first-order chi connectivity index (χ1) is 32.7. The number of hydrogen-bond donors (Lipinski definition) is 0. The molecule has 2 aliphatic rings. The quantitative estimate of drug-likeness (QED) is 0.138. The average Bonchev–Trinajstić information content (AvgIpc) is 3.95. The maximum Gasteiger partial charge on any atom is 2.00 e. The maximum atomic E-state index is 5.65. The van der Waals surface area contributed by atoms with E-state index >= 15 is 0 Å². The van der Waals surface area contributed by atoms with Crippen LogP contribution in [0.25, 0.3) is 89.7 Å². The van der Waals surface area contributed by atoms with Gasteiger partial charge in [-0.2, -0.15) is 0 Å². The Morgan fingerprint density at radius 2 is 0.534 bits per heavy atom. The van der Waals surface area contributed by atoms with Gasteiger partial charge in [0, 0.05) is 44.8 Å². The minimum absolute atomic E-state index is 0. The second kappa shape index (κ2) is 16.9. The molecule has 0 spiro atoms. The minimum atomic E-state index is -0.267. The van der Waals surface area contributed by atoms with Crippen LogP contribution in [-0.4, -0.2) is 29.9 Å². The molecule has 5 heterocycles. The van der Waals surface area contributed by atoms with E-state index in [4.69, 9.17) is 39.9 Å². The van der Waals surface area contributed by atoms with E-state index in [2.05, 4.69) is 215 Å². The van der Waals surface area contributed by atoms with E-state index in [1.807, 2.05) is 0 Å². The number of rotatable bonds is 0. The fourth-order valence-corrected chi connectivity index (χ4v) is 10.3. The Balaban J connectivity index is 0.00000711. The van der Waals surface area contributed by atoms with Crippen LogP contribution in [0.15, 0.2) is 48.5 Å². The molecular weight excluding hydrogens is 939 g/mol. The van der Waals surface area contributed by atoms with Gasteiger partial charge >= 0.3 is 16.5 Å². The monoisotopic (exact) mass is 1020 g/mol. The summed E-state index contributed by atoms with van der Waals surface area (Å²) in [6.07, 6.45) is 0. The Bertz CT molecular complexity index is 3340. The van der Waals surface area contributed by atoms with Crippen molar-refractivity contribution in [2.45, 2.75) is 209 Å². The molecular formula is C64H80N8Ni. The van der Waals surface area contributed by atoms with Gasteiger partial charge in [-0.1, -0.05) is 190 Å². The van der Waals surface area contributed by atoms with E-state index in [-0.39, 0.29) is 59.8 Å². The molecule has 0 atom stereocenters. The molecule has 3 aromatic heterocycles. The molecule has 0 unspecified atom stereocenters. The van der Waals surface area contributed by atoms with Gasteiger partial charge in [-0.15, -0.1) is 0 Å². The summed E-state index contributed by atoms with van der Waals surface area (Å²) in [5.74, 6) is 2.32. The number of fused-ring (bicyclic) bond motifs is 20. The fraction of sp³-hybridized carbons (Fsp3) is 0.500. The van der Waals surface area contributed by atoms with Gasteiger partial charge in [-0.3, -0.25) is 0 Å². The first-order valence-corrected chi connectivity index (χ1v) is 26.2. The van der Waals surface area contributed by atoms with E-state index in [0.717, 1.165) is 66.1 Å². The number of hydrogen-bond acceptors (Lipinski definition) is 6. The van der Waals surface area contributed by atoms with Gasteiger partial charge in [-0.25, -0.2) is 9.97 Å². The molecule has 9 rings (SSSR count). The normalized spacial score (nSPS) is 13.9. The van der Waals surface area contributed by atoms with Crippen LogP contribution in [0, 0.1) is 0 Å². The first-order valence-electron chi connectivity index (χ1n) is 26.2. The molecule has 0 amide bonds. The van der Waals surface area contributed by atoms with Crippen molar-refractivity contribution in [3.8, 4) is 45.6 Å². The van der Waals surface area contributed by atoms with Crippen molar-refractivity contribution < 1.29 is 16.5 Å². The van der Waals surface area contributed by atoms with Gasteiger partial charge in [0.05, 0.1) is 23.3 Å². The van der Waals surface area contributed by atoms with Gasteiger partial charge in [0.25, 0.3) is 0 Å².